The van der Waals surface area contributed by atoms with Crippen LogP contribution >= 0.6 is 34.5 Å². The van der Waals surface area contributed by atoms with Crippen LogP contribution < -0.4 is 268 Å². The molecule has 386 valence electrons. The molecule has 7 aromatic rings. The van der Waals surface area contributed by atoms with Crippen LogP contribution in [-0.2, 0) is 52.1 Å². The van der Waals surface area contributed by atoms with Crippen LogP contribution in [0.3, 0.4) is 0 Å². The first-order valence-corrected chi connectivity index (χ1v) is 26.2. The zero-order chi connectivity index (χ0) is 55.9. The summed E-state index contributed by atoms with van der Waals surface area (Å²) in [7, 11) is -19.2. The van der Waals surface area contributed by atoms with E-state index in [1.165, 1.54) is 67.6 Å². The molecule has 80 heavy (non-hydrogen) atoms. The minimum absolute atomic E-state index is 0. The SMILES string of the molecule is Cc1c(C#N)c(Nc2ccc(Cl)c(S(=O)(=O)[O-])c2)nc(Nc2c[c-]c(Cl)cc2)c1N=Nc1sc(N=Nc2c[c-]c3c[c-]cc(S(=O)(=O)[O-])c3c2)c(-c2ccc([N+](=O)[O-])cc2)c1C#N.O=S(=O)=O.O=S(=O)=O.O=S(=O)=O.[K+].[K+].[K+].[K+].[K+]. The van der Waals surface area contributed by atoms with Gasteiger partial charge in [0.1, 0.15) is 44.3 Å². The van der Waals surface area contributed by atoms with E-state index in [1.807, 2.05) is 6.07 Å². The molecule has 0 fully saturated rings. The van der Waals surface area contributed by atoms with Gasteiger partial charge in [-0.05, 0) is 42.8 Å². The number of nitrogens with zero attached hydrogens (tertiary/aromatic N) is 8. The summed E-state index contributed by atoms with van der Waals surface area (Å²) in [5.41, 5.74) is 0.788. The quantitative estimate of drug-likeness (QED) is 0.0287. The van der Waals surface area contributed by atoms with Gasteiger partial charge >= 0.3 is 289 Å². The number of non-ortho nitro benzene ring substituents is 1. The topological polar surface area (TPSA) is 445 Å². The predicted molar refractivity (Wildman–Crippen MR) is 258 cm³/mol. The molecule has 0 bridgehead atoms. The molecule has 27 nitrogen and oxygen atoms in total. The Labute approximate surface area is 684 Å². The fourth-order valence-corrected chi connectivity index (χ4v) is 8.56. The molecule has 0 spiro atoms. The van der Waals surface area contributed by atoms with Gasteiger partial charge in [0, 0.05) is 34.6 Å². The third kappa shape index (κ3) is 25.7. The Morgan fingerprint density at radius 3 is 1.71 bits per heavy atom. The van der Waals surface area contributed by atoms with E-state index in [2.05, 4.69) is 60.3 Å². The van der Waals surface area contributed by atoms with Crippen LogP contribution in [0.2, 0.25) is 10.0 Å². The smallest absolute Gasteiger partial charge is 0.755 e. The average Bonchev–Trinajstić information content (AvgIpc) is 3.67. The van der Waals surface area contributed by atoms with Gasteiger partial charge in [-0.3, -0.25) is 30.0 Å². The van der Waals surface area contributed by atoms with Crippen LogP contribution in [0, 0.1) is 57.9 Å². The molecule has 2 heterocycles. The van der Waals surface area contributed by atoms with Crippen LogP contribution in [0.15, 0.2) is 115 Å². The Morgan fingerprint density at radius 1 is 0.662 bits per heavy atom. The Bertz CT molecular complexity index is 4080. The number of pyridine rings is 1. The van der Waals surface area contributed by atoms with Crippen LogP contribution in [0.4, 0.5) is 50.1 Å². The summed E-state index contributed by atoms with van der Waals surface area (Å²) in [6.07, 6.45) is 0. The number of benzene rings is 5. The largest absolute Gasteiger partial charge is 1.00 e. The van der Waals surface area contributed by atoms with Gasteiger partial charge in [0.25, 0.3) is 5.69 Å². The maximum Gasteiger partial charge on any atom is 1.00 e. The fourth-order valence-electron chi connectivity index (χ4n) is 5.89. The van der Waals surface area contributed by atoms with E-state index in [0.29, 0.717) is 16.3 Å². The first kappa shape index (κ1) is 81.9. The van der Waals surface area contributed by atoms with Crippen molar-refractivity contribution in [2.75, 3.05) is 10.6 Å². The van der Waals surface area contributed by atoms with Crippen molar-refractivity contribution in [1.29, 1.82) is 10.5 Å². The summed E-state index contributed by atoms with van der Waals surface area (Å²) in [5.74, 6) is -0.0960. The second-order valence-corrected chi connectivity index (χ2v) is 19.1. The first-order chi connectivity index (χ1) is 35.1. The number of halogens is 2. The van der Waals surface area contributed by atoms with E-state index in [1.54, 1.807) is 12.1 Å². The van der Waals surface area contributed by atoms with Crippen molar-refractivity contribution in [3.8, 4) is 23.3 Å². The van der Waals surface area contributed by atoms with E-state index in [9.17, 15) is 46.6 Å². The number of azo groups is 2. The number of thiophene rings is 1. The summed E-state index contributed by atoms with van der Waals surface area (Å²) in [4.78, 5) is 14.2. The van der Waals surface area contributed by atoms with Crippen molar-refractivity contribution in [3.05, 3.63) is 140 Å². The molecular weight excluding hydrogens is 1350 g/mol. The number of anilines is 4. The van der Waals surface area contributed by atoms with Gasteiger partial charge in [0.05, 0.1) is 30.5 Å². The fraction of sp³-hybridized carbons (Fsp3) is 0.0250. The van der Waals surface area contributed by atoms with Crippen molar-refractivity contribution in [2.24, 2.45) is 20.5 Å². The number of hydrogen-bond donors (Lipinski definition) is 2. The van der Waals surface area contributed by atoms with Crippen molar-refractivity contribution in [1.82, 2.24) is 4.98 Å². The molecule has 2 N–H and O–H groups in total. The van der Waals surface area contributed by atoms with Crippen molar-refractivity contribution < 1.29 is 326 Å². The Kier molecular flexibility index (Phi) is 39.8. The molecule has 0 saturated carbocycles. The van der Waals surface area contributed by atoms with Crippen LogP contribution in [0.5, 0.6) is 0 Å². The zero-order valence-electron chi connectivity index (χ0n) is 41.3. The van der Waals surface area contributed by atoms with E-state index in [0.717, 1.165) is 23.5 Å². The number of rotatable bonds is 12. The molecule has 0 unspecified atom stereocenters. The third-order valence-electron chi connectivity index (χ3n) is 8.81. The number of aromatic nitrogens is 1. The summed E-state index contributed by atoms with van der Waals surface area (Å²) in [5, 5.41) is 55.9. The molecule has 7 rings (SSSR count). The molecule has 0 amide bonds. The van der Waals surface area contributed by atoms with Gasteiger partial charge in [-0.25, -0.2) is 36.0 Å². The first-order valence-electron chi connectivity index (χ1n) is 18.8. The maximum atomic E-state index is 12.0. The van der Waals surface area contributed by atoms with Crippen LogP contribution in [0.25, 0.3) is 21.9 Å². The Morgan fingerprint density at radius 2 is 1.20 bits per heavy atom. The average molecular weight is 1370 g/mol. The third-order valence-corrected chi connectivity index (χ3v) is 12.2. The number of nitriles is 2. The van der Waals surface area contributed by atoms with Gasteiger partial charge in [0.15, 0.2) is 10.8 Å². The van der Waals surface area contributed by atoms with Gasteiger partial charge in [-0.2, -0.15) is 34.8 Å². The Hall–Kier alpha value is -0.168. The Balaban J connectivity index is 0. The molecule has 0 atom stereocenters. The van der Waals surface area contributed by atoms with Gasteiger partial charge in [-0.1, -0.05) is 38.5 Å². The zero-order valence-corrected chi connectivity index (χ0v) is 63.3. The molecule has 2 aromatic heterocycles. The number of nitrogens with one attached hydrogen (secondary N) is 2. The molecule has 40 heteroatoms. The predicted octanol–water partition coefficient (Wildman–Crippen LogP) is -7.24. The molecule has 0 saturated heterocycles. The van der Waals surface area contributed by atoms with Crippen LogP contribution in [0.1, 0.15) is 16.7 Å². The second-order valence-electron chi connectivity index (χ2n) is 13.4. The molecule has 0 aliphatic carbocycles. The van der Waals surface area contributed by atoms with E-state index < -0.39 is 66.8 Å². The normalized spacial score (nSPS) is 10.2. The number of hydrogen-bond acceptors (Lipinski definition) is 27. The minimum atomic E-state index is -4.98. The maximum absolute atomic E-state index is 12.0. The number of nitro groups is 1. The number of fused-ring (bicyclic) bond motifs is 1. The standard InChI is InChI=1S/C40H21Cl2N10O8S3.5K.3O3S/c1-21-30(19-43)37(46-26-13-16-32(42)34(18-26)63(58,59)60)47-38(45-25-11-8-24(41)9-12-25)36(21)49-50-39-31(20-44)35(23-6-14-28(15-7-23)52(53)54)40(61-39)51-48-27-10-5-22-3-2-4-33(29(22)17-27)62(55,56)57;;;;;;3*1-4(2)3/h3-4,6-8,10-18H,1H3,(H2,45,46,47)(H,55,56,57)(H,58,59,60);;;;;;;;/q-3;5*+1;;;/p-2. The molecule has 0 radical (unpaired) electrons. The van der Waals surface area contributed by atoms with Crippen molar-refractivity contribution >= 4 is 147 Å². The molecular formula is C40H19Cl2K5N10O17S6. The van der Waals surface area contributed by atoms with Crippen LogP contribution in [-0.4, -0.2) is 73.7 Å². The minimum Gasteiger partial charge on any atom is -0.755 e. The van der Waals surface area contributed by atoms with Gasteiger partial charge < -0.3 is 19.7 Å². The summed E-state index contributed by atoms with van der Waals surface area (Å²) in [6.45, 7) is 1.53. The van der Waals surface area contributed by atoms with E-state index >= 15 is 0 Å². The molecule has 5 aromatic carbocycles. The van der Waals surface area contributed by atoms with Gasteiger partial charge in [-0.15, -0.1) is 83.0 Å². The van der Waals surface area contributed by atoms with E-state index in [-0.39, 0.29) is 339 Å². The molecule has 0 aliphatic rings. The summed E-state index contributed by atoms with van der Waals surface area (Å²) >= 11 is 12.9. The monoisotopic (exact) mass is 1370 g/mol. The summed E-state index contributed by atoms with van der Waals surface area (Å²) < 4.78 is 147. The number of nitro benzene ring substituents is 1. The van der Waals surface area contributed by atoms with E-state index in [4.69, 9.17) is 61.1 Å². The van der Waals surface area contributed by atoms with Crippen molar-refractivity contribution in [3.63, 3.8) is 0 Å². The van der Waals surface area contributed by atoms with Gasteiger partial charge in [0.2, 0.25) is 0 Å². The summed E-state index contributed by atoms with van der Waals surface area (Å²) in [6, 6.07) is 30.9. The molecule has 0 aliphatic heterocycles. The van der Waals surface area contributed by atoms with Crippen molar-refractivity contribution in [2.45, 2.75) is 16.7 Å². The second kappa shape index (κ2) is 38.9.